The Labute approximate surface area is 107 Å². The number of hydrogen-bond acceptors (Lipinski definition) is 3. The van der Waals surface area contributed by atoms with Gasteiger partial charge in [0.05, 0.1) is 17.3 Å². The highest BCUT2D eigenvalue weighted by atomic mass is 35.5. The lowest BCUT2D eigenvalue weighted by Gasteiger charge is -2.09. The first-order chi connectivity index (χ1) is 8.10. The number of ether oxygens (including phenoxy) is 1. The normalized spacial score (nSPS) is 12.7. The van der Waals surface area contributed by atoms with Crippen LogP contribution in [-0.4, -0.2) is 28.8 Å². The van der Waals surface area contributed by atoms with Crippen molar-refractivity contribution in [2.24, 2.45) is 0 Å². The van der Waals surface area contributed by atoms with Crippen molar-refractivity contribution in [3.8, 4) is 0 Å². The number of carbonyl (C=O) groups is 1. The van der Waals surface area contributed by atoms with Gasteiger partial charge in [0.2, 0.25) is 0 Å². The summed E-state index contributed by atoms with van der Waals surface area (Å²) in [5.41, 5.74) is 0.525. The molecule has 1 aromatic rings. The molecule has 1 aromatic heterocycles. The Morgan fingerprint density at radius 2 is 2.35 bits per heavy atom. The smallest absolute Gasteiger partial charge is 0.182 e. The summed E-state index contributed by atoms with van der Waals surface area (Å²) in [5, 5.41) is 4.54. The molecule has 1 rings (SSSR count). The van der Waals surface area contributed by atoms with E-state index in [0.29, 0.717) is 30.1 Å². The number of ketones is 1. The Kier molecular flexibility index (Phi) is 5.65. The molecule has 0 aliphatic rings. The van der Waals surface area contributed by atoms with Gasteiger partial charge < -0.3 is 4.74 Å². The zero-order valence-corrected chi connectivity index (χ0v) is 11.3. The third-order valence-electron chi connectivity index (χ3n) is 2.67. The maximum absolute atomic E-state index is 12.0. The maximum Gasteiger partial charge on any atom is 0.182 e. The molecule has 5 heteroatoms. The zero-order valence-electron chi connectivity index (χ0n) is 10.6. The van der Waals surface area contributed by atoms with E-state index in [9.17, 15) is 4.79 Å². The Morgan fingerprint density at radius 1 is 1.65 bits per heavy atom. The van der Waals surface area contributed by atoms with Gasteiger partial charge in [-0.1, -0.05) is 18.5 Å². The summed E-state index contributed by atoms with van der Waals surface area (Å²) in [7, 11) is 1.64. The van der Waals surface area contributed by atoms with Crippen molar-refractivity contribution in [3.63, 3.8) is 0 Å². The number of aryl methyl sites for hydroxylation is 1. The fraction of sp³-hybridized carbons (Fsp3) is 0.667. The van der Waals surface area contributed by atoms with Crippen LogP contribution in [0.3, 0.4) is 0 Å². The van der Waals surface area contributed by atoms with Gasteiger partial charge in [-0.2, -0.15) is 5.10 Å². The van der Waals surface area contributed by atoms with E-state index >= 15 is 0 Å². The van der Waals surface area contributed by atoms with Crippen LogP contribution < -0.4 is 0 Å². The first kappa shape index (κ1) is 14.2. The second kappa shape index (κ2) is 6.77. The third kappa shape index (κ3) is 3.82. The fourth-order valence-corrected chi connectivity index (χ4v) is 1.84. The first-order valence-electron chi connectivity index (χ1n) is 5.87. The number of aromatic nitrogens is 2. The standard InChI is InChI=1S/C12H19ClN2O2/c1-4-7-15-12(10(13)8-14-15)11(16)6-5-9(2)17-3/h8-9H,4-7H2,1-3H3. The number of methoxy groups -OCH3 is 1. The third-order valence-corrected chi connectivity index (χ3v) is 2.95. The minimum atomic E-state index is 0.0323. The van der Waals surface area contributed by atoms with Crippen molar-refractivity contribution in [1.29, 1.82) is 0 Å². The number of carbonyl (C=O) groups excluding carboxylic acids is 1. The van der Waals surface area contributed by atoms with E-state index in [1.807, 2.05) is 13.8 Å². The number of Topliss-reactive ketones (excluding diaryl/α,β-unsaturated/α-hetero) is 1. The highest BCUT2D eigenvalue weighted by Crippen LogP contribution is 2.18. The van der Waals surface area contributed by atoms with Crippen LogP contribution in [0.15, 0.2) is 6.20 Å². The first-order valence-corrected chi connectivity index (χ1v) is 6.25. The van der Waals surface area contributed by atoms with E-state index in [2.05, 4.69) is 5.10 Å². The summed E-state index contributed by atoms with van der Waals surface area (Å²) in [6, 6.07) is 0. The summed E-state index contributed by atoms with van der Waals surface area (Å²) in [6.07, 6.45) is 3.67. The number of nitrogens with zero attached hydrogens (tertiary/aromatic N) is 2. The molecule has 0 saturated carbocycles. The topological polar surface area (TPSA) is 44.1 Å². The van der Waals surface area contributed by atoms with Gasteiger partial charge in [0.25, 0.3) is 0 Å². The van der Waals surface area contributed by atoms with Crippen LogP contribution >= 0.6 is 11.6 Å². The highest BCUT2D eigenvalue weighted by Gasteiger charge is 2.17. The van der Waals surface area contributed by atoms with Crippen molar-refractivity contribution in [2.45, 2.75) is 45.8 Å². The lowest BCUT2D eigenvalue weighted by molar-refractivity contribution is 0.0869. The molecule has 0 aliphatic carbocycles. The molecule has 0 aliphatic heterocycles. The van der Waals surface area contributed by atoms with Gasteiger partial charge in [-0.3, -0.25) is 9.48 Å². The van der Waals surface area contributed by atoms with Crippen LogP contribution in [0.2, 0.25) is 5.02 Å². The minimum absolute atomic E-state index is 0.0323. The Hall–Kier alpha value is -0.870. The molecule has 0 fully saturated rings. The monoisotopic (exact) mass is 258 g/mol. The molecular weight excluding hydrogens is 240 g/mol. The minimum Gasteiger partial charge on any atom is -0.382 e. The van der Waals surface area contributed by atoms with Crippen molar-refractivity contribution >= 4 is 17.4 Å². The lowest BCUT2D eigenvalue weighted by Crippen LogP contribution is -2.13. The second-order valence-corrected chi connectivity index (χ2v) is 4.48. The van der Waals surface area contributed by atoms with E-state index in [-0.39, 0.29) is 11.9 Å². The average molecular weight is 259 g/mol. The Balaban J connectivity index is 2.70. The molecule has 0 bridgehead atoms. The Bertz CT molecular complexity index is 377. The summed E-state index contributed by atoms with van der Waals surface area (Å²) >= 11 is 5.99. The molecule has 0 amide bonds. The number of rotatable bonds is 7. The molecule has 17 heavy (non-hydrogen) atoms. The van der Waals surface area contributed by atoms with Crippen molar-refractivity contribution in [2.75, 3.05) is 7.11 Å². The van der Waals surface area contributed by atoms with Gasteiger partial charge in [-0.05, 0) is 19.8 Å². The van der Waals surface area contributed by atoms with E-state index in [1.54, 1.807) is 11.8 Å². The zero-order chi connectivity index (χ0) is 12.8. The molecular formula is C12H19ClN2O2. The predicted octanol–water partition coefficient (Wildman–Crippen LogP) is 2.94. The molecule has 0 aromatic carbocycles. The lowest BCUT2D eigenvalue weighted by atomic mass is 10.1. The van der Waals surface area contributed by atoms with E-state index in [4.69, 9.17) is 16.3 Å². The maximum atomic E-state index is 12.0. The van der Waals surface area contributed by atoms with Crippen LogP contribution in [0.4, 0.5) is 0 Å². The molecule has 0 saturated heterocycles. The largest absolute Gasteiger partial charge is 0.382 e. The fourth-order valence-electron chi connectivity index (χ4n) is 1.59. The second-order valence-electron chi connectivity index (χ2n) is 4.07. The van der Waals surface area contributed by atoms with Gasteiger partial charge in [-0.25, -0.2) is 0 Å². The summed E-state index contributed by atoms with van der Waals surface area (Å²) in [4.78, 5) is 12.0. The summed E-state index contributed by atoms with van der Waals surface area (Å²) in [5.74, 6) is 0.0323. The SMILES string of the molecule is CCCn1ncc(Cl)c1C(=O)CCC(C)OC. The van der Waals surface area contributed by atoms with Crippen molar-refractivity contribution in [3.05, 3.63) is 16.9 Å². The summed E-state index contributed by atoms with van der Waals surface area (Å²) in [6.45, 7) is 4.70. The molecule has 1 heterocycles. The number of halogens is 1. The molecule has 0 radical (unpaired) electrons. The van der Waals surface area contributed by atoms with Gasteiger partial charge in [0, 0.05) is 20.1 Å². The van der Waals surface area contributed by atoms with Crippen molar-refractivity contribution in [1.82, 2.24) is 9.78 Å². The molecule has 1 unspecified atom stereocenters. The molecule has 0 N–H and O–H groups in total. The van der Waals surface area contributed by atoms with Crippen LogP contribution in [0.5, 0.6) is 0 Å². The van der Waals surface area contributed by atoms with Crippen LogP contribution in [0, 0.1) is 0 Å². The number of hydrogen-bond donors (Lipinski definition) is 0. The van der Waals surface area contributed by atoms with E-state index in [1.165, 1.54) is 6.20 Å². The van der Waals surface area contributed by atoms with Gasteiger partial charge >= 0.3 is 0 Å². The molecule has 96 valence electrons. The quantitative estimate of drug-likeness (QED) is 0.707. The molecule has 1 atom stereocenters. The van der Waals surface area contributed by atoms with E-state index < -0.39 is 0 Å². The van der Waals surface area contributed by atoms with E-state index in [0.717, 1.165) is 6.42 Å². The van der Waals surface area contributed by atoms with Gasteiger partial charge in [0.15, 0.2) is 5.78 Å². The van der Waals surface area contributed by atoms with Crippen LogP contribution in [0.1, 0.15) is 43.6 Å². The average Bonchev–Trinajstić information content (AvgIpc) is 2.67. The van der Waals surface area contributed by atoms with Crippen LogP contribution in [0.25, 0.3) is 0 Å². The van der Waals surface area contributed by atoms with Gasteiger partial charge in [-0.15, -0.1) is 0 Å². The Morgan fingerprint density at radius 3 is 2.94 bits per heavy atom. The predicted molar refractivity (Wildman–Crippen MR) is 67.6 cm³/mol. The molecule has 4 nitrogen and oxygen atoms in total. The summed E-state index contributed by atoms with van der Waals surface area (Å²) < 4.78 is 6.80. The molecule has 0 spiro atoms. The van der Waals surface area contributed by atoms with Crippen LogP contribution in [-0.2, 0) is 11.3 Å². The van der Waals surface area contributed by atoms with Crippen molar-refractivity contribution < 1.29 is 9.53 Å². The highest BCUT2D eigenvalue weighted by molar-refractivity contribution is 6.33. The van der Waals surface area contributed by atoms with Gasteiger partial charge in [0.1, 0.15) is 5.69 Å².